The lowest BCUT2D eigenvalue weighted by Crippen LogP contribution is -2.07. The number of benzene rings is 4. The van der Waals surface area contributed by atoms with E-state index in [-0.39, 0.29) is 0 Å². The first-order valence-electron chi connectivity index (χ1n) is 14.8. The number of hydrogen-bond donors (Lipinski definition) is 2. The van der Waals surface area contributed by atoms with Crippen molar-refractivity contribution in [2.45, 2.75) is 51.4 Å². The van der Waals surface area contributed by atoms with E-state index in [1.54, 1.807) is 0 Å². The van der Waals surface area contributed by atoms with Crippen molar-refractivity contribution in [3.8, 4) is 23.0 Å². The Labute approximate surface area is 266 Å². The Hall–Kier alpha value is -2.96. The average Bonchev–Trinajstić information content (AvgIpc) is 2.99. The van der Waals surface area contributed by atoms with Gasteiger partial charge in [-0.1, -0.05) is 105 Å². The third-order valence-electron chi connectivity index (χ3n) is 7.83. The van der Waals surface area contributed by atoms with Gasteiger partial charge in [0.25, 0.3) is 0 Å². The van der Waals surface area contributed by atoms with Crippen LogP contribution in [0.5, 0.6) is 23.0 Å². The van der Waals surface area contributed by atoms with Crippen molar-refractivity contribution in [2.75, 3.05) is 23.9 Å². The highest BCUT2D eigenvalue weighted by Crippen LogP contribution is 2.38. The molecule has 220 valence electrons. The van der Waals surface area contributed by atoms with Gasteiger partial charge in [-0.15, -0.1) is 0 Å². The number of para-hydroxylation sites is 4. The smallest absolute Gasteiger partial charge is 0.126 e. The lowest BCUT2D eigenvalue weighted by Gasteiger charge is -2.20. The summed E-state index contributed by atoms with van der Waals surface area (Å²) in [6.07, 6.45) is 6.13. The molecule has 4 nitrogen and oxygen atoms in total. The van der Waals surface area contributed by atoms with Crippen LogP contribution in [0, 0.1) is 0 Å². The first-order valence-corrected chi connectivity index (χ1v) is 17.0. The molecule has 0 aromatic heterocycles. The molecular weight excluding hydrogens is 656 g/mol. The van der Waals surface area contributed by atoms with Crippen LogP contribution < -0.4 is 9.47 Å². The zero-order chi connectivity index (χ0) is 29.3. The maximum atomic E-state index is 11.5. The molecule has 0 fully saturated rings. The van der Waals surface area contributed by atoms with E-state index in [4.69, 9.17) is 9.47 Å². The fourth-order valence-corrected chi connectivity index (χ4v) is 6.42. The van der Waals surface area contributed by atoms with Gasteiger partial charge in [0, 0.05) is 36.3 Å². The summed E-state index contributed by atoms with van der Waals surface area (Å²) in [5, 5.41) is 24.9. The van der Waals surface area contributed by atoms with Gasteiger partial charge in [0.05, 0.1) is 13.2 Å². The first-order chi connectivity index (χ1) is 20.6. The van der Waals surface area contributed by atoms with E-state index in [1.165, 1.54) is 0 Å². The van der Waals surface area contributed by atoms with Gasteiger partial charge in [0.1, 0.15) is 23.0 Å². The van der Waals surface area contributed by atoms with Crippen LogP contribution in [0.3, 0.4) is 0 Å². The molecule has 4 aromatic carbocycles. The number of rotatable bonds is 10. The third kappa shape index (κ3) is 7.33. The van der Waals surface area contributed by atoms with Crippen molar-refractivity contribution >= 4 is 31.9 Å². The standard InChI is InChI=1S/C36H38Br2O4/c37-17-1-3-19-41-35-29-13-7-14-30(35)22-26-10-6-12-28(34(26)40)24-32-16-8-15-31(36(32)42-20-4-2-18-38)23-27-11-5-9-25(21-29)33(27)39/h5-16,39-40H,1-4,17-24H2. The van der Waals surface area contributed by atoms with E-state index in [0.29, 0.717) is 50.4 Å². The number of phenolic OH excluding ortho intramolecular Hbond substituents is 2. The number of halogens is 2. The van der Waals surface area contributed by atoms with E-state index in [2.05, 4.69) is 56.1 Å². The number of alkyl halides is 2. The van der Waals surface area contributed by atoms with Gasteiger partial charge in [-0.05, 0) is 70.2 Å². The highest BCUT2D eigenvalue weighted by atomic mass is 79.9. The van der Waals surface area contributed by atoms with E-state index < -0.39 is 0 Å². The molecule has 42 heavy (non-hydrogen) atoms. The van der Waals surface area contributed by atoms with Gasteiger partial charge in [0.15, 0.2) is 0 Å². The molecule has 5 rings (SSSR count). The number of fused-ring (bicyclic) bond motifs is 8. The van der Waals surface area contributed by atoms with Crippen molar-refractivity contribution in [2.24, 2.45) is 0 Å². The van der Waals surface area contributed by atoms with Gasteiger partial charge in [0.2, 0.25) is 0 Å². The topological polar surface area (TPSA) is 58.9 Å². The summed E-state index contributed by atoms with van der Waals surface area (Å²) in [4.78, 5) is 0. The van der Waals surface area contributed by atoms with Crippen molar-refractivity contribution in [3.05, 3.63) is 117 Å². The fourth-order valence-electron chi connectivity index (χ4n) is 5.63. The Bertz CT molecular complexity index is 1300. The zero-order valence-corrected chi connectivity index (χ0v) is 27.1. The molecule has 1 aliphatic rings. The molecule has 0 heterocycles. The Morgan fingerprint density at radius 2 is 0.738 bits per heavy atom. The van der Waals surface area contributed by atoms with Crippen molar-refractivity contribution < 1.29 is 19.7 Å². The predicted molar refractivity (Wildman–Crippen MR) is 177 cm³/mol. The van der Waals surface area contributed by atoms with Crippen LogP contribution in [0.15, 0.2) is 72.8 Å². The van der Waals surface area contributed by atoms with Crippen LogP contribution in [0.2, 0.25) is 0 Å². The van der Waals surface area contributed by atoms with Gasteiger partial charge in [-0.25, -0.2) is 0 Å². The summed E-state index contributed by atoms with van der Waals surface area (Å²) in [6, 6.07) is 24.4. The largest absolute Gasteiger partial charge is 0.507 e. The summed E-state index contributed by atoms with van der Waals surface area (Å²) < 4.78 is 12.9. The second-order valence-corrected chi connectivity index (χ2v) is 12.4. The maximum Gasteiger partial charge on any atom is 0.126 e. The molecule has 8 bridgehead atoms. The van der Waals surface area contributed by atoms with Crippen LogP contribution in [0.4, 0.5) is 0 Å². The summed E-state index contributed by atoms with van der Waals surface area (Å²) in [6.45, 7) is 1.22. The molecule has 6 heteroatoms. The molecule has 0 saturated heterocycles. The second kappa shape index (κ2) is 15.0. The van der Waals surface area contributed by atoms with Gasteiger partial charge in [-0.2, -0.15) is 0 Å². The number of aromatic hydroxyl groups is 2. The Morgan fingerprint density at radius 3 is 1.02 bits per heavy atom. The van der Waals surface area contributed by atoms with E-state index in [0.717, 1.165) is 92.4 Å². The van der Waals surface area contributed by atoms with Crippen LogP contribution in [-0.4, -0.2) is 34.1 Å². The molecule has 0 radical (unpaired) electrons. The van der Waals surface area contributed by atoms with E-state index in [1.807, 2.05) is 48.5 Å². The quantitative estimate of drug-likeness (QED) is 0.113. The number of unbranched alkanes of at least 4 members (excludes halogenated alkanes) is 2. The molecular formula is C36H38Br2O4. The predicted octanol–water partition coefficient (Wildman–Crippen LogP) is 8.88. The number of hydrogen-bond acceptors (Lipinski definition) is 4. The second-order valence-electron chi connectivity index (χ2n) is 10.9. The zero-order valence-electron chi connectivity index (χ0n) is 23.9. The minimum absolute atomic E-state index is 0.318. The molecule has 0 unspecified atom stereocenters. The van der Waals surface area contributed by atoms with Gasteiger partial charge >= 0.3 is 0 Å². The van der Waals surface area contributed by atoms with Gasteiger partial charge in [-0.3, -0.25) is 0 Å². The van der Waals surface area contributed by atoms with Gasteiger partial charge < -0.3 is 19.7 Å². The molecule has 0 amide bonds. The Balaban J connectivity index is 1.62. The first kappa shape index (κ1) is 30.5. The van der Waals surface area contributed by atoms with Crippen molar-refractivity contribution in [3.63, 3.8) is 0 Å². The maximum absolute atomic E-state index is 11.5. The molecule has 4 aromatic rings. The minimum Gasteiger partial charge on any atom is -0.507 e. The van der Waals surface area contributed by atoms with Crippen molar-refractivity contribution in [1.29, 1.82) is 0 Å². The molecule has 0 aliphatic heterocycles. The Morgan fingerprint density at radius 1 is 0.452 bits per heavy atom. The third-order valence-corrected chi connectivity index (χ3v) is 8.96. The van der Waals surface area contributed by atoms with Crippen molar-refractivity contribution in [1.82, 2.24) is 0 Å². The van der Waals surface area contributed by atoms with Crippen LogP contribution >= 0.6 is 31.9 Å². The summed E-state index contributed by atoms with van der Waals surface area (Å²) >= 11 is 7.03. The summed E-state index contributed by atoms with van der Waals surface area (Å²) in [7, 11) is 0. The summed E-state index contributed by atoms with van der Waals surface area (Å²) in [5.41, 5.74) is 7.56. The fraction of sp³-hybridized carbons (Fsp3) is 0.333. The van der Waals surface area contributed by atoms with E-state index in [9.17, 15) is 10.2 Å². The number of phenols is 2. The molecule has 0 saturated carbocycles. The molecule has 1 aliphatic carbocycles. The normalized spacial score (nSPS) is 12.6. The monoisotopic (exact) mass is 692 g/mol. The minimum atomic E-state index is 0.318. The average molecular weight is 695 g/mol. The Kier molecular flexibility index (Phi) is 10.9. The molecule has 2 N–H and O–H groups in total. The highest BCUT2D eigenvalue weighted by Gasteiger charge is 2.20. The lowest BCUT2D eigenvalue weighted by atomic mass is 9.91. The molecule has 0 atom stereocenters. The number of ether oxygens (including phenoxy) is 2. The van der Waals surface area contributed by atoms with E-state index >= 15 is 0 Å². The highest BCUT2D eigenvalue weighted by molar-refractivity contribution is 9.09. The lowest BCUT2D eigenvalue weighted by molar-refractivity contribution is 0.304. The van der Waals surface area contributed by atoms with Crippen LogP contribution in [-0.2, 0) is 25.7 Å². The SMILES string of the molecule is Oc1c2cccc1Cc1cccc(c1OCCCCBr)Cc1cccc(c1O)Cc1cccc(c1OCCCCBr)C2. The van der Waals surface area contributed by atoms with Crippen LogP contribution in [0.1, 0.15) is 70.2 Å². The van der Waals surface area contributed by atoms with Crippen LogP contribution in [0.25, 0.3) is 0 Å². The molecule has 0 spiro atoms. The summed E-state index contributed by atoms with van der Waals surface area (Å²) in [5.74, 6) is 2.33.